The number of fused-ring (bicyclic) bond motifs is 1. The van der Waals surface area contributed by atoms with E-state index in [0.29, 0.717) is 5.69 Å². The van der Waals surface area contributed by atoms with Crippen LogP contribution in [0, 0.1) is 6.92 Å². The Morgan fingerprint density at radius 2 is 2.12 bits per heavy atom. The Morgan fingerprint density at radius 1 is 1.44 bits per heavy atom. The summed E-state index contributed by atoms with van der Waals surface area (Å²) in [7, 11) is 0. The third-order valence-electron chi connectivity index (χ3n) is 2.69. The topological polar surface area (TPSA) is 34.4 Å². The Bertz CT molecular complexity index is 558. The molecule has 84 valence electrons. The molecule has 2 aromatic rings. The number of aryl methyl sites for hydroxylation is 1. The average molecular weight is 281 g/mol. The van der Waals surface area contributed by atoms with Gasteiger partial charge in [0.1, 0.15) is 11.3 Å². The Hall–Kier alpha value is -1.16. The predicted octanol–water partition coefficient (Wildman–Crippen LogP) is 3.34. The van der Waals surface area contributed by atoms with Gasteiger partial charge in [0.2, 0.25) is 0 Å². The fourth-order valence-electron chi connectivity index (χ4n) is 1.85. The van der Waals surface area contributed by atoms with Crippen molar-refractivity contribution >= 4 is 27.9 Å². The summed E-state index contributed by atoms with van der Waals surface area (Å²) in [6.45, 7) is 6.05. The Balaban J connectivity index is 2.89. The lowest BCUT2D eigenvalue weighted by molar-refractivity contribution is 0.111. The summed E-state index contributed by atoms with van der Waals surface area (Å²) >= 11 is 3.46. The van der Waals surface area contributed by atoms with Crippen LogP contribution in [-0.2, 0) is 0 Å². The molecule has 0 spiro atoms. The molecule has 0 radical (unpaired) electrons. The molecule has 0 bridgehead atoms. The first-order valence-electron chi connectivity index (χ1n) is 5.19. The van der Waals surface area contributed by atoms with E-state index in [-0.39, 0.29) is 5.92 Å². The minimum Gasteiger partial charge on any atom is -0.296 e. The predicted molar refractivity (Wildman–Crippen MR) is 67.1 cm³/mol. The Morgan fingerprint density at radius 3 is 2.69 bits per heavy atom. The van der Waals surface area contributed by atoms with Crippen molar-refractivity contribution in [1.29, 1.82) is 0 Å². The number of imidazole rings is 1. The first-order chi connectivity index (χ1) is 7.56. The fourth-order valence-corrected chi connectivity index (χ4v) is 2.16. The molecule has 4 heteroatoms. The van der Waals surface area contributed by atoms with Crippen molar-refractivity contribution in [3.05, 3.63) is 33.7 Å². The molecule has 16 heavy (non-hydrogen) atoms. The largest absolute Gasteiger partial charge is 0.296 e. The van der Waals surface area contributed by atoms with Crippen molar-refractivity contribution in [2.24, 2.45) is 0 Å². The molecule has 0 saturated carbocycles. The molecule has 0 aliphatic carbocycles. The maximum atomic E-state index is 11.2. The van der Waals surface area contributed by atoms with Crippen LogP contribution in [0.3, 0.4) is 0 Å². The molecule has 3 nitrogen and oxygen atoms in total. The number of aromatic nitrogens is 2. The summed E-state index contributed by atoms with van der Waals surface area (Å²) in [6, 6.07) is 3.87. The summed E-state index contributed by atoms with van der Waals surface area (Å²) in [6.07, 6.45) is 0.884. The van der Waals surface area contributed by atoms with Gasteiger partial charge >= 0.3 is 0 Å². The quantitative estimate of drug-likeness (QED) is 0.791. The maximum Gasteiger partial charge on any atom is 0.168 e. The van der Waals surface area contributed by atoms with Gasteiger partial charge in [-0.25, -0.2) is 4.98 Å². The van der Waals surface area contributed by atoms with Gasteiger partial charge in [0, 0.05) is 10.2 Å². The summed E-state index contributed by atoms with van der Waals surface area (Å²) in [5, 5.41) is 0. The van der Waals surface area contributed by atoms with Crippen molar-refractivity contribution < 1.29 is 4.79 Å². The van der Waals surface area contributed by atoms with Crippen LogP contribution in [0.25, 0.3) is 5.65 Å². The van der Waals surface area contributed by atoms with E-state index in [1.165, 1.54) is 0 Å². The zero-order valence-corrected chi connectivity index (χ0v) is 11.1. The lowest BCUT2D eigenvalue weighted by Gasteiger charge is -2.04. The highest BCUT2D eigenvalue weighted by molar-refractivity contribution is 9.10. The van der Waals surface area contributed by atoms with Crippen molar-refractivity contribution in [2.45, 2.75) is 26.7 Å². The van der Waals surface area contributed by atoms with Crippen molar-refractivity contribution in [3.63, 3.8) is 0 Å². The highest BCUT2D eigenvalue weighted by Crippen LogP contribution is 2.24. The van der Waals surface area contributed by atoms with Crippen molar-refractivity contribution in [2.75, 3.05) is 0 Å². The molecule has 2 rings (SSSR count). The van der Waals surface area contributed by atoms with Crippen LogP contribution in [-0.4, -0.2) is 15.7 Å². The number of hydrogen-bond acceptors (Lipinski definition) is 2. The molecule has 2 aromatic heterocycles. The Labute approximate surface area is 103 Å². The van der Waals surface area contributed by atoms with E-state index in [1.54, 1.807) is 0 Å². The minimum absolute atomic E-state index is 0.248. The van der Waals surface area contributed by atoms with E-state index in [0.717, 1.165) is 27.8 Å². The molecule has 0 N–H and O–H groups in total. The summed E-state index contributed by atoms with van der Waals surface area (Å²) < 4.78 is 2.88. The van der Waals surface area contributed by atoms with Gasteiger partial charge in [-0.3, -0.25) is 9.20 Å². The van der Waals surface area contributed by atoms with Gasteiger partial charge in [0.25, 0.3) is 0 Å². The molecule has 0 aromatic carbocycles. The summed E-state index contributed by atoms with van der Waals surface area (Å²) in [4.78, 5) is 15.7. The van der Waals surface area contributed by atoms with Gasteiger partial charge in [0.15, 0.2) is 6.29 Å². The third-order valence-corrected chi connectivity index (χ3v) is 3.52. The molecule has 0 saturated heterocycles. The smallest absolute Gasteiger partial charge is 0.168 e. The SMILES string of the molecule is Cc1c(Br)ccc2nc(C(C)C)c(C=O)n12. The molecule has 2 heterocycles. The van der Waals surface area contributed by atoms with Gasteiger partial charge < -0.3 is 0 Å². The van der Waals surface area contributed by atoms with E-state index in [2.05, 4.69) is 20.9 Å². The van der Waals surface area contributed by atoms with Crippen LogP contribution < -0.4 is 0 Å². The third kappa shape index (κ3) is 1.57. The molecule has 0 aliphatic heterocycles. The van der Waals surface area contributed by atoms with Gasteiger partial charge in [-0.1, -0.05) is 13.8 Å². The van der Waals surface area contributed by atoms with Crippen molar-refractivity contribution in [3.8, 4) is 0 Å². The van der Waals surface area contributed by atoms with Crippen LogP contribution in [0.4, 0.5) is 0 Å². The molecule has 0 aliphatic rings. The van der Waals surface area contributed by atoms with Crippen LogP contribution >= 0.6 is 15.9 Å². The minimum atomic E-state index is 0.248. The lowest BCUT2D eigenvalue weighted by Crippen LogP contribution is -1.99. The first-order valence-corrected chi connectivity index (χ1v) is 5.98. The zero-order chi connectivity index (χ0) is 11.9. The number of carbonyl (C=O) groups is 1. The highest BCUT2D eigenvalue weighted by Gasteiger charge is 2.16. The second-order valence-electron chi connectivity index (χ2n) is 4.12. The normalized spacial score (nSPS) is 11.3. The number of pyridine rings is 1. The number of carbonyl (C=O) groups excluding carboxylic acids is 1. The van der Waals surface area contributed by atoms with Gasteiger partial charge in [-0.2, -0.15) is 0 Å². The van der Waals surface area contributed by atoms with E-state index < -0.39 is 0 Å². The summed E-state index contributed by atoms with van der Waals surface area (Å²) in [5.74, 6) is 0.248. The van der Waals surface area contributed by atoms with E-state index in [1.807, 2.05) is 37.3 Å². The number of rotatable bonds is 2. The molecule has 0 unspecified atom stereocenters. The number of hydrogen-bond donors (Lipinski definition) is 0. The first kappa shape index (κ1) is 11.3. The van der Waals surface area contributed by atoms with Crippen LogP contribution in [0.1, 0.15) is 41.6 Å². The van der Waals surface area contributed by atoms with Crippen LogP contribution in [0.5, 0.6) is 0 Å². The monoisotopic (exact) mass is 280 g/mol. The van der Waals surface area contributed by atoms with Crippen molar-refractivity contribution in [1.82, 2.24) is 9.38 Å². The molecular formula is C12H13BrN2O. The number of aldehydes is 1. The molecule has 0 fully saturated rings. The number of halogens is 1. The van der Waals surface area contributed by atoms with E-state index >= 15 is 0 Å². The fraction of sp³-hybridized carbons (Fsp3) is 0.333. The molecule has 0 atom stereocenters. The number of nitrogens with zero attached hydrogens (tertiary/aromatic N) is 2. The average Bonchev–Trinajstić information content (AvgIpc) is 2.62. The molecular weight excluding hydrogens is 268 g/mol. The highest BCUT2D eigenvalue weighted by atomic mass is 79.9. The van der Waals surface area contributed by atoms with E-state index in [9.17, 15) is 4.79 Å². The van der Waals surface area contributed by atoms with Gasteiger partial charge in [0.05, 0.1) is 5.69 Å². The van der Waals surface area contributed by atoms with Gasteiger partial charge in [-0.15, -0.1) is 0 Å². The maximum absolute atomic E-state index is 11.2. The van der Waals surface area contributed by atoms with Gasteiger partial charge in [-0.05, 0) is 40.9 Å². The van der Waals surface area contributed by atoms with E-state index in [4.69, 9.17) is 0 Å². The second kappa shape index (κ2) is 4.01. The van der Waals surface area contributed by atoms with Crippen LogP contribution in [0.2, 0.25) is 0 Å². The summed E-state index contributed by atoms with van der Waals surface area (Å²) in [5.41, 5.74) is 3.34. The lowest BCUT2D eigenvalue weighted by atomic mass is 10.1. The standard InChI is InChI=1S/C12H13BrN2O/c1-7(2)12-10(6-16)15-8(3)9(13)4-5-11(15)14-12/h4-7H,1-3H3. The Kier molecular flexibility index (Phi) is 2.84. The zero-order valence-electron chi connectivity index (χ0n) is 9.49. The van der Waals surface area contributed by atoms with Crippen LogP contribution in [0.15, 0.2) is 16.6 Å². The second-order valence-corrected chi connectivity index (χ2v) is 4.97. The molecule has 0 amide bonds.